The van der Waals surface area contributed by atoms with Crippen molar-refractivity contribution in [1.29, 1.82) is 0 Å². The zero-order valence-corrected chi connectivity index (χ0v) is 20.2. The largest absolute Gasteiger partial charge is 0.393 e. The topological polar surface area (TPSA) is 99.4 Å². The Kier molecular flexibility index (Phi) is 7.23. The van der Waals surface area contributed by atoms with Crippen LogP contribution in [0.25, 0.3) is 0 Å². The first-order valence-electron chi connectivity index (χ1n) is 12.1. The van der Waals surface area contributed by atoms with Gasteiger partial charge in [-0.05, 0) is 35.4 Å². The van der Waals surface area contributed by atoms with Gasteiger partial charge in [0.25, 0.3) is 5.91 Å². The standard InChI is InChI=1S/C28H28FN7O/c29-23-13-11-22(12-14-23)28(37)34-33-26-24(30)27(32-19-31-26)36-17-15-35(16-18-36)25(20-7-3-1-4-8-20)21-9-5-2-6-10-21/h1-14,19,25H,15-18,30H2,(H,34,37)(H,31,32,33). The van der Waals surface area contributed by atoms with Gasteiger partial charge in [-0.2, -0.15) is 0 Å². The maximum absolute atomic E-state index is 13.1. The van der Waals surface area contributed by atoms with Crippen LogP contribution in [0.4, 0.5) is 21.7 Å². The number of benzene rings is 3. The molecule has 4 N–H and O–H groups in total. The Balaban J connectivity index is 1.27. The summed E-state index contributed by atoms with van der Waals surface area (Å²) >= 11 is 0. The second-order valence-electron chi connectivity index (χ2n) is 8.79. The summed E-state index contributed by atoms with van der Waals surface area (Å²) in [4.78, 5) is 25.6. The Morgan fingerprint density at radius 3 is 2.03 bits per heavy atom. The molecule has 3 aromatic carbocycles. The van der Waals surface area contributed by atoms with E-state index in [1.807, 2.05) is 12.1 Å². The molecule has 1 aliphatic rings. The number of hydrogen-bond donors (Lipinski definition) is 3. The maximum atomic E-state index is 13.1. The van der Waals surface area contributed by atoms with Crippen molar-refractivity contribution in [2.45, 2.75) is 6.04 Å². The molecule has 1 fully saturated rings. The van der Waals surface area contributed by atoms with Crippen molar-refractivity contribution in [3.05, 3.63) is 114 Å². The fraction of sp³-hybridized carbons (Fsp3) is 0.179. The summed E-state index contributed by atoms with van der Waals surface area (Å²) in [7, 11) is 0. The lowest BCUT2D eigenvalue weighted by Gasteiger charge is -2.40. The third-order valence-electron chi connectivity index (χ3n) is 6.47. The number of carbonyl (C=O) groups excluding carboxylic acids is 1. The Morgan fingerprint density at radius 2 is 1.43 bits per heavy atom. The van der Waals surface area contributed by atoms with E-state index in [4.69, 9.17) is 5.73 Å². The minimum Gasteiger partial charge on any atom is -0.393 e. The van der Waals surface area contributed by atoms with Gasteiger partial charge in [0, 0.05) is 31.7 Å². The first kappa shape index (κ1) is 24.2. The molecule has 0 saturated carbocycles. The van der Waals surface area contributed by atoms with Crippen LogP contribution in [0.2, 0.25) is 0 Å². The lowest BCUT2D eigenvalue weighted by atomic mass is 9.96. The van der Waals surface area contributed by atoms with E-state index in [2.05, 4.69) is 79.2 Å². The first-order valence-corrected chi connectivity index (χ1v) is 12.1. The smallest absolute Gasteiger partial charge is 0.269 e. The van der Waals surface area contributed by atoms with Gasteiger partial charge in [-0.1, -0.05) is 60.7 Å². The van der Waals surface area contributed by atoms with E-state index in [0.29, 0.717) is 22.9 Å². The van der Waals surface area contributed by atoms with Crippen LogP contribution in [0.3, 0.4) is 0 Å². The lowest BCUT2D eigenvalue weighted by molar-refractivity contribution is 0.0962. The monoisotopic (exact) mass is 497 g/mol. The predicted octanol–water partition coefficient (Wildman–Crippen LogP) is 3.87. The fourth-order valence-electron chi connectivity index (χ4n) is 4.60. The highest BCUT2D eigenvalue weighted by Gasteiger charge is 2.28. The molecule has 9 heteroatoms. The van der Waals surface area contributed by atoms with E-state index >= 15 is 0 Å². The molecule has 1 aliphatic heterocycles. The van der Waals surface area contributed by atoms with Crippen molar-refractivity contribution in [2.24, 2.45) is 0 Å². The Bertz CT molecular complexity index is 1290. The molecule has 5 rings (SSSR count). The van der Waals surface area contributed by atoms with Gasteiger partial charge in [0.2, 0.25) is 0 Å². The Hall–Kier alpha value is -4.50. The van der Waals surface area contributed by atoms with Crippen molar-refractivity contribution in [3.63, 3.8) is 0 Å². The molecule has 1 amide bonds. The highest BCUT2D eigenvalue weighted by Crippen LogP contribution is 2.32. The van der Waals surface area contributed by atoms with Gasteiger partial charge in [0.1, 0.15) is 17.8 Å². The normalized spacial score (nSPS) is 13.9. The second-order valence-corrected chi connectivity index (χ2v) is 8.79. The fourth-order valence-corrected chi connectivity index (χ4v) is 4.60. The van der Waals surface area contributed by atoms with Crippen LogP contribution in [0.1, 0.15) is 27.5 Å². The van der Waals surface area contributed by atoms with E-state index < -0.39 is 11.7 Å². The van der Waals surface area contributed by atoms with Crippen LogP contribution >= 0.6 is 0 Å². The number of nitrogen functional groups attached to an aromatic ring is 1. The van der Waals surface area contributed by atoms with Crippen LogP contribution < -0.4 is 21.5 Å². The molecular formula is C28H28FN7O. The SMILES string of the molecule is Nc1c(NNC(=O)c2ccc(F)cc2)ncnc1N1CCN(C(c2ccccc2)c2ccccc2)CC1. The Morgan fingerprint density at radius 1 is 0.838 bits per heavy atom. The summed E-state index contributed by atoms with van der Waals surface area (Å²) in [5, 5.41) is 0. The summed E-state index contributed by atoms with van der Waals surface area (Å²) in [6, 6.07) is 26.5. The van der Waals surface area contributed by atoms with E-state index in [1.165, 1.54) is 41.7 Å². The third-order valence-corrected chi connectivity index (χ3v) is 6.47. The van der Waals surface area contributed by atoms with Crippen LogP contribution in [-0.2, 0) is 0 Å². The number of carbonyl (C=O) groups is 1. The molecule has 188 valence electrons. The van der Waals surface area contributed by atoms with Crippen molar-refractivity contribution >= 4 is 23.2 Å². The molecular weight excluding hydrogens is 469 g/mol. The van der Waals surface area contributed by atoms with Gasteiger partial charge in [-0.3, -0.25) is 20.5 Å². The minimum atomic E-state index is -0.430. The molecule has 0 bridgehead atoms. The number of hydrogen-bond acceptors (Lipinski definition) is 7. The van der Waals surface area contributed by atoms with E-state index in [-0.39, 0.29) is 6.04 Å². The number of amides is 1. The lowest BCUT2D eigenvalue weighted by Crippen LogP contribution is -2.48. The molecule has 2 heterocycles. The molecule has 0 radical (unpaired) electrons. The van der Waals surface area contributed by atoms with Crippen LogP contribution in [-0.4, -0.2) is 47.0 Å². The molecule has 0 aliphatic carbocycles. The molecule has 0 atom stereocenters. The summed E-state index contributed by atoms with van der Waals surface area (Å²) in [5.74, 6) is 0.0766. The number of aromatic nitrogens is 2. The van der Waals surface area contributed by atoms with Gasteiger partial charge in [-0.15, -0.1) is 0 Å². The number of halogens is 1. The first-order chi connectivity index (χ1) is 18.1. The number of anilines is 3. The predicted molar refractivity (Wildman–Crippen MR) is 142 cm³/mol. The number of nitrogens with one attached hydrogen (secondary N) is 2. The molecule has 4 aromatic rings. The number of hydrazine groups is 1. The van der Waals surface area contributed by atoms with Gasteiger partial charge in [0.15, 0.2) is 11.6 Å². The van der Waals surface area contributed by atoms with Gasteiger partial charge in [0.05, 0.1) is 6.04 Å². The number of nitrogens with zero attached hydrogens (tertiary/aromatic N) is 4. The molecule has 0 spiro atoms. The maximum Gasteiger partial charge on any atom is 0.269 e. The summed E-state index contributed by atoms with van der Waals surface area (Å²) in [6.45, 7) is 3.11. The molecule has 0 unspecified atom stereocenters. The zero-order chi connectivity index (χ0) is 25.6. The molecule has 1 aromatic heterocycles. The van der Waals surface area contributed by atoms with E-state index in [1.54, 1.807) is 0 Å². The summed E-state index contributed by atoms with van der Waals surface area (Å²) in [6.07, 6.45) is 1.42. The van der Waals surface area contributed by atoms with Gasteiger partial charge < -0.3 is 10.6 Å². The minimum absolute atomic E-state index is 0.159. The average Bonchev–Trinajstić information content (AvgIpc) is 2.94. The molecule has 1 saturated heterocycles. The molecule has 37 heavy (non-hydrogen) atoms. The highest BCUT2D eigenvalue weighted by molar-refractivity contribution is 5.95. The third kappa shape index (κ3) is 5.52. The summed E-state index contributed by atoms with van der Waals surface area (Å²) < 4.78 is 13.1. The average molecular weight is 498 g/mol. The Labute approximate surface area is 214 Å². The summed E-state index contributed by atoms with van der Waals surface area (Å²) in [5.41, 5.74) is 14.9. The van der Waals surface area contributed by atoms with Crippen LogP contribution in [0.5, 0.6) is 0 Å². The quantitative estimate of drug-likeness (QED) is 0.334. The van der Waals surface area contributed by atoms with Crippen LogP contribution in [0, 0.1) is 5.82 Å². The number of nitrogens with two attached hydrogens (primary N) is 1. The second kappa shape index (κ2) is 11.0. The van der Waals surface area contributed by atoms with Gasteiger partial charge >= 0.3 is 0 Å². The zero-order valence-electron chi connectivity index (χ0n) is 20.2. The van der Waals surface area contributed by atoms with E-state index in [9.17, 15) is 9.18 Å². The van der Waals surface area contributed by atoms with Crippen molar-refractivity contribution in [3.8, 4) is 0 Å². The van der Waals surface area contributed by atoms with Crippen molar-refractivity contribution < 1.29 is 9.18 Å². The number of rotatable bonds is 7. The van der Waals surface area contributed by atoms with Crippen molar-refractivity contribution in [1.82, 2.24) is 20.3 Å². The highest BCUT2D eigenvalue weighted by atomic mass is 19.1. The van der Waals surface area contributed by atoms with Crippen LogP contribution in [0.15, 0.2) is 91.3 Å². The van der Waals surface area contributed by atoms with Crippen molar-refractivity contribution in [2.75, 3.05) is 42.2 Å². The van der Waals surface area contributed by atoms with E-state index in [0.717, 1.165) is 26.2 Å². The molecule has 8 nitrogen and oxygen atoms in total. The number of piperazine rings is 1. The van der Waals surface area contributed by atoms with Gasteiger partial charge in [-0.25, -0.2) is 14.4 Å².